The molecule has 0 unspecified atom stereocenters. The van der Waals surface area contributed by atoms with E-state index in [1.54, 1.807) is 0 Å². The summed E-state index contributed by atoms with van der Waals surface area (Å²) in [4.78, 5) is 0. The van der Waals surface area contributed by atoms with Gasteiger partial charge in [0.25, 0.3) is 6.08 Å². The quantitative estimate of drug-likeness (QED) is 0.708. The molecule has 116 valence electrons. The molecule has 1 aromatic rings. The molecule has 1 aromatic carbocycles. The van der Waals surface area contributed by atoms with Crippen LogP contribution in [0.4, 0.5) is 8.78 Å². The fourth-order valence-electron chi connectivity index (χ4n) is 3.14. The molecule has 1 aliphatic rings. The van der Waals surface area contributed by atoms with E-state index in [-0.39, 0.29) is 5.60 Å². The van der Waals surface area contributed by atoms with E-state index >= 15 is 0 Å². The molecule has 0 bridgehead atoms. The average molecular weight is 294 g/mol. The summed E-state index contributed by atoms with van der Waals surface area (Å²) in [6, 6.07) is 0. The smallest absolute Gasteiger partial charge is 0.266 e. The van der Waals surface area contributed by atoms with Gasteiger partial charge in [-0.15, -0.1) is 0 Å². The maximum Gasteiger partial charge on any atom is 0.266 e. The van der Waals surface area contributed by atoms with Crippen LogP contribution in [-0.4, -0.2) is 5.60 Å². The lowest BCUT2D eigenvalue weighted by molar-refractivity contribution is 0.0558. The summed E-state index contributed by atoms with van der Waals surface area (Å²) >= 11 is 0. The maximum atomic E-state index is 12.2. The minimum Gasteiger partial charge on any atom is -0.487 e. The second-order valence-corrected chi connectivity index (χ2v) is 6.39. The fourth-order valence-corrected chi connectivity index (χ4v) is 3.14. The number of halogens is 2. The van der Waals surface area contributed by atoms with Crippen LogP contribution < -0.4 is 4.74 Å². The van der Waals surface area contributed by atoms with E-state index in [0.29, 0.717) is 12.8 Å². The maximum absolute atomic E-state index is 12.2. The summed E-state index contributed by atoms with van der Waals surface area (Å²) in [5, 5.41) is 0. The third-order valence-corrected chi connectivity index (χ3v) is 4.98. The zero-order chi connectivity index (χ0) is 15.8. The lowest BCUT2D eigenvalue weighted by Crippen LogP contribution is -2.37. The molecule has 1 heterocycles. The van der Waals surface area contributed by atoms with Crippen LogP contribution in [0.15, 0.2) is 12.2 Å². The highest BCUT2D eigenvalue weighted by Crippen LogP contribution is 2.42. The standard InChI is InChI=1S/C18H24F2O/c1-11-12(2)14(4)17-15(13(11)3)8-10-18(5,21-17)9-6-7-16(19)20/h7H,6,8-10H2,1-5H3/t18-/m0/s1. The molecule has 0 aliphatic carbocycles. The Morgan fingerprint density at radius 2 is 1.71 bits per heavy atom. The van der Waals surface area contributed by atoms with Crippen LogP contribution in [0.2, 0.25) is 0 Å². The van der Waals surface area contributed by atoms with Gasteiger partial charge in [0.2, 0.25) is 0 Å². The zero-order valence-electron chi connectivity index (χ0n) is 13.6. The molecule has 0 amide bonds. The summed E-state index contributed by atoms with van der Waals surface area (Å²) in [6.45, 7) is 10.5. The molecule has 0 saturated carbocycles. The lowest BCUT2D eigenvalue weighted by atomic mass is 9.83. The highest BCUT2D eigenvalue weighted by Gasteiger charge is 2.33. The van der Waals surface area contributed by atoms with Crippen LogP contribution in [0.5, 0.6) is 5.75 Å². The van der Waals surface area contributed by atoms with Gasteiger partial charge in [0.15, 0.2) is 0 Å². The topological polar surface area (TPSA) is 9.23 Å². The number of ether oxygens (including phenoxy) is 1. The predicted octanol–water partition coefficient (Wildman–Crippen LogP) is 5.56. The molecule has 0 saturated heterocycles. The first-order valence-electron chi connectivity index (χ1n) is 7.54. The van der Waals surface area contributed by atoms with E-state index < -0.39 is 6.08 Å². The summed E-state index contributed by atoms with van der Waals surface area (Å²) in [6.07, 6.45) is 2.20. The van der Waals surface area contributed by atoms with Crippen molar-refractivity contribution < 1.29 is 13.5 Å². The van der Waals surface area contributed by atoms with Gasteiger partial charge in [-0.25, -0.2) is 0 Å². The third-order valence-electron chi connectivity index (χ3n) is 4.98. The second-order valence-electron chi connectivity index (χ2n) is 6.39. The SMILES string of the molecule is Cc1c(C)c(C)c2c(c1C)CC[C@](C)(CCC=C(F)F)O2. The molecule has 0 spiro atoms. The highest BCUT2D eigenvalue weighted by atomic mass is 19.3. The van der Waals surface area contributed by atoms with Crippen LogP contribution in [0, 0.1) is 27.7 Å². The van der Waals surface area contributed by atoms with E-state index in [4.69, 9.17) is 4.74 Å². The first-order chi connectivity index (χ1) is 9.75. The van der Waals surface area contributed by atoms with Crippen molar-refractivity contribution >= 4 is 0 Å². The molecular formula is C18H24F2O. The van der Waals surface area contributed by atoms with Crippen molar-refractivity contribution in [3.8, 4) is 5.75 Å². The Hall–Kier alpha value is -1.38. The summed E-state index contributed by atoms with van der Waals surface area (Å²) in [5.74, 6) is 0.981. The van der Waals surface area contributed by atoms with Crippen molar-refractivity contribution in [1.29, 1.82) is 0 Å². The highest BCUT2D eigenvalue weighted by molar-refractivity contribution is 5.55. The zero-order valence-corrected chi connectivity index (χ0v) is 13.6. The van der Waals surface area contributed by atoms with Gasteiger partial charge in [-0.3, -0.25) is 0 Å². The number of allylic oxidation sites excluding steroid dienone is 1. The third kappa shape index (κ3) is 3.12. The fraction of sp³-hybridized carbons (Fsp3) is 0.556. The van der Waals surface area contributed by atoms with Gasteiger partial charge in [0.1, 0.15) is 11.4 Å². The number of hydrogen-bond donors (Lipinski definition) is 0. The number of fused-ring (bicyclic) bond motifs is 1. The van der Waals surface area contributed by atoms with Gasteiger partial charge in [-0.05, 0) is 94.2 Å². The van der Waals surface area contributed by atoms with Crippen molar-refractivity contribution in [1.82, 2.24) is 0 Å². The Kier molecular flexibility index (Phi) is 4.40. The minimum absolute atomic E-state index is 0.349. The summed E-state index contributed by atoms with van der Waals surface area (Å²) in [7, 11) is 0. The molecule has 3 heteroatoms. The van der Waals surface area contributed by atoms with E-state index in [0.717, 1.165) is 24.7 Å². The van der Waals surface area contributed by atoms with Gasteiger partial charge in [-0.1, -0.05) is 0 Å². The van der Waals surface area contributed by atoms with E-state index in [9.17, 15) is 8.78 Å². The Bertz CT molecular complexity index is 586. The van der Waals surface area contributed by atoms with Crippen molar-refractivity contribution in [2.75, 3.05) is 0 Å². The van der Waals surface area contributed by atoms with Gasteiger partial charge < -0.3 is 4.74 Å². The molecular weight excluding hydrogens is 270 g/mol. The molecule has 0 radical (unpaired) electrons. The summed E-state index contributed by atoms with van der Waals surface area (Å²) in [5.41, 5.74) is 6.04. The van der Waals surface area contributed by atoms with Crippen LogP contribution in [0.25, 0.3) is 0 Å². The molecule has 1 nitrogen and oxygen atoms in total. The van der Waals surface area contributed by atoms with E-state index in [1.165, 1.54) is 27.8 Å². The van der Waals surface area contributed by atoms with E-state index in [1.807, 2.05) is 6.92 Å². The molecule has 0 fully saturated rings. The Balaban J connectivity index is 2.30. The van der Waals surface area contributed by atoms with E-state index in [2.05, 4.69) is 27.7 Å². The number of hydrogen-bond acceptors (Lipinski definition) is 1. The Labute approximate surface area is 126 Å². The van der Waals surface area contributed by atoms with Crippen molar-refractivity contribution in [3.05, 3.63) is 40.0 Å². The average Bonchev–Trinajstić information content (AvgIpc) is 2.42. The van der Waals surface area contributed by atoms with Crippen LogP contribution in [0.1, 0.15) is 54.0 Å². The van der Waals surface area contributed by atoms with Gasteiger partial charge in [0, 0.05) is 0 Å². The molecule has 1 aliphatic heterocycles. The van der Waals surface area contributed by atoms with Gasteiger partial charge in [0.05, 0.1) is 0 Å². The second kappa shape index (κ2) is 5.78. The molecule has 1 atom stereocenters. The van der Waals surface area contributed by atoms with Crippen molar-refractivity contribution in [2.24, 2.45) is 0 Å². The minimum atomic E-state index is -1.60. The van der Waals surface area contributed by atoms with Gasteiger partial charge >= 0.3 is 0 Å². The molecule has 2 rings (SSSR count). The predicted molar refractivity (Wildman–Crippen MR) is 82.3 cm³/mol. The molecule has 0 N–H and O–H groups in total. The first-order valence-corrected chi connectivity index (χ1v) is 7.54. The van der Waals surface area contributed by atoms with Crippen molar-refractivity contribution in [2.45, 2.75) is 65.9 Å². The van der Waals surface area contributed by atoms with Crippen LogP contribution >= 0.6 is 0 Å². The molecule has 21 heavy (non-hydrogen) atoms. The van der Waals surface area contributed by atoms with Crippen LogP contribution in [-0.2, 0) is 6.42 Å². The first kappa shape index (κ1) is 16.0. The Morgan fingerprint density at radius 1 is 1.10 bits per heavy atom. The van der Waals surface area contributed by atoms with Crippen molar-refractivity contribution in [3.63, 3.8) is 0 Å². The molecule has 0 aromatic heterocycles. The number of rotatable bonds is 3. The Morgan fingerprint density at radius 3 is 2.33 bits per heavy atom. The van der Waals surface area contributed by atoms with Crippen LogP contribution in [0.3, 0.4) is 0 Å². The van der Waals surface area contributed by atoms with Gasteiger partial charge in [-0.2, -0.15) is 8.78 Å². The number of benzene rings is 1. The normalized spacial score (nSPS) is 20.7. The summed E-state index contributed by atoms with van der Waals surface area (Å²) < 4.78 is 30.6. The lowest BCUT2D eigenvalue weighted by Gasteiger charge is -2.38. The largest absolute Gasteiger partial charge is 0.487 e. The monoisotopic (exact) mass is 294 g/mol.